The Morgan fingerprint density at radius 2 is 1.02 bits per heavy atom. The lowest BCUT2D eigenvalue weighted by Crippen LogP contribution is -2.08. The first-order valence-electron chi connectivity index (χ1n) is 15.5. The van der Waals surface area contributed by atoms with Crippen LogP contribution in [-0.4, -0.2) is 16.3 Å². The van der Waals surface area contributed by atoms with Crippen LogP contribution in [0.4, 0.5) is 0 Å². The van der Waals surface area contributed by atoms with Crippen molar-refractivity contribution in [2.45, 2.75) is 118 Å². The zero-order valence-corrected chi connectivity index (χ0v) is 25.2. The monoisotopic (exact) mass is 540 g/mol. The van der Waals surface area contributed by atoms with Crippen molar-refractivity contribution in [1.82, 2.24) is 0 Å². The van der Waals surface area contributed by atoms with Crippen LogP contribution in [0.15, 0.2) is 59.7 Å². The summed E-state index contributed by atoms with van der Waals surface area (Å²) in [4.78, 5) is 23.7. The van der Waals surface area contributed by atoms with Crippen LogP contribution in [0.25, 0.3) is 16.9 Å². The molecule has 40 heavy (non-hydrogen) atoms. The summed E-state index contributed by atoms with van der Waals surface area (Å²) in [5, 5.41) is 0. The Balaban J connectivity index is 2.13. The average Bonchev–Trinajstić information content (AvgIpc) is 3.21. The number of carbonyl (C=O) groups excluding carboxylic acids is 2. The van der Waals surface area contributed by atoms with Gasteiger partial charge in [0, 0.05) is 35.1 Å². The topological polar surface area (TPSA) is 59.4 Å². The van der Waals surface area contributed by atoms with Crippen molar-refractivity contribution in [3.8, 4) is 0 Å². The van der Waals surface area contributed by atoms with Crippen LogP contribution in [0.5, 0.6) is 0 Å². The van der Waals surface area contributed by atoms with Crippen molar-refractivity contribution in [2.24, 2.45) is 0 Å². The van der Waals surface area contributed by atoms with E-state index >= 15 is 0 Å². The van der Waals surface area contributed by atoms with Gasteiger partial charge in [-0.3, -0.25) is 0 Å². The predicted molar refractivity (Wildman–Crippen MR) is 166 cm³/mol. The second-order valence-corrected chi connectivity index (χ2v) is 11.3. The molecule has 0 amide bonds. The van der Waals surface area contributed by atoms with Crippen LogP contribution in [0.1, 0.15) is 127 Å². The van der Waals surface area contributed by atoms with Gasteiger partial charge in [-0.15, -0.1) is 0 Å². The molecular formula is C36H48N2O2. The van der Waals surface area contributed by atoms with E-state index < -0.39 is 0 Å². The summed E-state index contributed by atoms with van der Waals surface area (Å²) in [6.07, 6.45) is 13.5. The first-order valence-corrected chi connectivity index (χ1v) is 15.5. The number of aryl methyl sites for hydroxylation is 2. The Morgan fingerprint density at radius 3 is 1.50 bits per heavy atom. The molecule has 0 fully saturated rings. The van der Waals surface area contributed by atoms with Crippen LogP contribution in [0, 0.1) is 0 Å². The van der Waals surface area contributed by atoms with Crippen LogP contribution < -0.4 is 0 Å². The highest BCUT2D eigenvalue weighted by Gasteiger charge is 2.36. The highest BCUT2D eigenvalue weighted by atomic mass is 16.1. The molecule has 214 valence electrons. The Labute approximate surface area is 242 Å². The molecule has 4 heteroatoms. The standard InChI is InChI=1S/C36H48N2O2/c1-5-7-9-10-11-12-22-34-33(19-8-6-2)35(31-20-15-13-17-29(31)25-23-27(3)39)38(37)36(34)32-21-16-14-18-30(32)26-24-28(4)40/h13-18,20-21H,5-12,19,22-26H2,1-4H3. The smallest absolute Gasteiger partial charge is 0.211 e. The molecule has 0 atom stereocenters. The summed E-state index contributed by atoms with van der Waals surface area (Å²) < 4.78 is 1.44. The molecule has 0 spiro atoms. The fraction of sp³-hybridized carbons (Fsp3) is 0.500. The normalized spacial score (nSPS) is 13.4. The molecule has 0 N–H and O–H groups in total. The van der Waals surface area contributed by atoms with Gasteiger partial charge in [-0.05, 0) is 75.6 Å². The number of nitrogens with zero attached hydrogens (tertiary/aromatic N) is 2. The van der Waals surface area contributed by atoms with E-state index in [-0.39, 0.29) is 11.6 Å². The molecule has 3 rings (SSSR count). The molecule has 0 saturated carbocycles. The van der Waals surface area contributed by atoms with Crippen LogP contribution >= 0.6 is 0 Å². The van der Waals surface area contributed by atoms with Gasteiger partial charge in [-0.1, -0.05) is 88.8 Å². The lowest BCUT2D eigenvalue weighted by Gasteiger charge is -2.15. The van der Waals surface area contributed by atoms with E-state index in [4.69, 9.17) is 0 Å². The van der Waals surface area contributed by atoms with Gasteiger partial charge in [-0.2, -0.15) is 0 Å². The second kappa shape index (κ2) is 16.2. The molecule has 1 aliphatic rings. The molecule has 2 aromatic rings. The van der Waals surface area contributed by atoms with Crippen molar-refractivity contribution >= 4 is 23.0 Å². The molecule has 0 unspecified atom stereocenters. The van der Waals surface area contributed by atoms with Crippen molar-refractivity contribution in [1.29, 1.82) is 0 Å². The molecule has 0 aliphatic carbocycles. The van der Waals surface area contributed by atoms with Crippen molar-refractivity contribution in [3.63, 3.8) is 0 Å². The van der Waals surface area contributed by atoms with Gasteiger partial charge in [0.2, 0.25) is 11.4 Å². The zero-order valence-electron chi connectivity index (χ0n) is 25.2. The van der Waals surface area contributed by atoms with E-state index in [1.165, 1.54) is 47.9 Å². The number of hydrogen-bond acceptors (Lipinski definition) is 2. The Bertz CT molecular complexity index is 1250. The van der Waals surface area contributed by atoms with Crippen LogP contribution in [0.2, 0.25) is 0 Å². The summed E-state index contributed by atoms with van der Waals surface area (Å²) in [5.74, 6) is 0.342. The molecule has 2 aromatic carbocycles. The first kappa shape index (κ1) is 31.4. The van der Waals surface area contributed by atoms with Gasteiger partial charge in [0.1, 0.15) is 11.6 Å². The number of benzene rings is 2. The SMILES string of the molecule is CCCCCCCCC1=C(c2ccccc2CCC(C)=O)[N+](=[N-])C(c2ccccc2CCC(C)=O)=C1CCCC. The lowest BCUT2D eigenvalue weighted by atomic mass is 9.89. The third-order valence-electron chi connectivity index (χ3n) is 7.96. The lowest BCUT2D eigenvalue weighted by molar-refractivity contribution is -0.345. The number of Topliss-reactive ketones (excluding diaryl/α,β-unsaturated/α-hetero) is 2. The van der Waals surface area contributed by atoms with Crippen molar-refractivity contribution in [3.05, 3.63) is 87.5 Å². The van der Waals surface area contributed by atoms with Gasteiger partial charge >= 0.3 is 0 Å². The number of unbranched alkanes of at least 4 members (excludes halogenated alkanes) is 6. The largest absolute Gasteiger partial charge is 0.493 e. The third-order valence-corrected chi connectivity index (χ3v) is 7.96. The molecular weight excluding hydrogens is 492 g/mol. The van der Waals surface area contributed by atoms with Gasteiger partial charge in [0.05, 0.1) is 0 Å². The van der Waals surface area contributed by atoms with Crippen molar-refractivity contribution in [2.75, 3.05) is 0 Å². The average molecular weight is 541 g/mol. The molecule has 0 saturated heterocycles. The number of ketones is 2. The quantitative estimate of drug-likeness (QED) is 0.139. The summed E-state index contributed by atoms with van der Waals surface area (Å²) >= 11 is 0. The van der Waals surface area contributed by atoms with E-state index in [1.54, 1.807) is 13.8 Å². The number of hydrogen-bond donors (Lipinski definition) is 0. The van der Waals surface area contributed by atoms with Gasteiger partial charge < -0.3 is 15.1 Å². The molecule has 1 aliphatic heterocycles. The van der Waals surface area contributed by atoms with Crippen LogP contribution in [-0.2, 0) is 22.4 Å². The molecule has 0 radical (unpaired) electrons. The highest BCUT2D eigenvalue weighted by molar-refractivity contribution is 5.84. The van der Waals surface area contributed by atoms with Gasteiger partial charge in [-0.25, -0.2) is 4.70 Å². The minimum Gasteiger partial charge on any atom is -0.493 e. The fourth-order valence-electron chi connectivity index (χ4n) is 5.74. The van der Waals surface area contributed by atoms with E-state index in [0.29, 0.717) is 25.7 Å². The van der Waals surface area contributed by atoms with Gasteiger partial charge in [0.25, 0.3) is 0 Å². The van der Waals surface area contributed by atoms with E-state index in [0.717, 1.165) is 65.8 Å². The minimum absolute atomic E-state index is 0.171. The second-order valence-electron chi connectivity index (χ2n) is 11.3. The first-order chi connectivity index (χ1) is 19.4. The van der Waals surface area contributed by atoms with Crippen LogP contribution in [0.3, 0.4) is 0 Å². The summed E-state index contributed by atoms with van der Waals surface area (Å²) in [5.41, 5.74) is 20.5. The molecule has 4 nitrogen and oxygen atoms in total. The summed E-state index contributed by atoms with van der Waals surface area (Å²) in [6, 6.07) is 16.5. The summed E-state index contributed by atoms with van der Waals surface area (Å²) in [6.45, 7) is 7.73. The Kier molecular flexibility index (Phi) is 12.7. The fourth-order valence-corrected chi connectivity index (χ4v) is 5.74. The number of carbonyl (C=O) groups is 2. The predicted octanol–water partition coefficient (Wildman–Crippen LogP) is 9.84. The third kappa shape index (κ3) is 8.43. The molecule has 0 aromatic heterocycles. The maximum Gasteiger partial charge on any atom is 0.211 e. The van der Waals surface area contributed by atoms with Crippen molar-refractivity contribution < 1.29 is 14.3 Å². The maximum absolute atomic E-state index is 12.1. The number of allylic oxidation sites excluding steroid dienone is 2. The zero-order chi connectivity index (χ0) is 28.9. The number of rotatable bonds is 18. The Morgan fingerprint density at radius 1 is 0.600 bits per heavy atom. The molecule has 0 bridgehead atoms. The Hall–Kier alpha value is -3.14. The van der Waals surface area contributed by atoms with E-state index in [1.807, 2.05) is 24.3 Å². The minimum atomic E-state index is 0.171. The maximum atomic E-state index is 12.1. The summed E-state index contributed by atoms with van der Waals surface area (Å²) in [7, 11) is 0. The van der Waals surface area contributed by atoms with E-state index in [2.05, 4.69) is 38.1 Å². The van der Waals surface area contributed by atoms with Gasteiger partial charge in [0.15, 0.2) is 0 Å². The molecule has 1 heterocycles. The van der Waals surface area contributed by atoms with E-state index in [9.17, 15) is 15.1 Å². The highest BCUT2D eigenvalue weighted by Crippen LogP contribution is 2.46.